The molecule has 0 spiro atoms. The van der Waals surface area contributed by atoms with Crippen LogP contribution in [-0.4, -0.2) is 62.6 Å². The molecule has 18 heavy (non-hydrogen) atoms. The number of hydrogen-bond acceptors (Lipinski definition) is 8. The Labute approximate surface area is 106 Å². The van der Waals surface area contributed by atoms with E-state index in [0.717, 1.165) is 0 Å². The van der Waals surface area contributed by atoms with Crippen LogP contribution in [0.4, 0.5) is 5.95 Å². The van der Waals surface area contributed by atoms with Gasteiger partial charge >= 0.3 is 12.0 Å². The van der Waals surface area contributed by atoms with Crippen molar-refractivity contribution >= 4 is 5.95 Å². The lowest BCUT2D eigenvalue weighted by Gasteiger charge is -2.15. The van der Waals surface area contributed by atoms with Crippen molar-refractivity contribution in [1.29, 1.82) is 0 Å². The van der Waals surface area contributed by atoms with Crippen LogP contribution in [0, 0.1) is 0 Å². The van der Waals surface area contributed by atoms with E-state index in [2.05, 4.69) is 20.3 Å². The molecular formula is C10H18N4O4. The fourth-order valence-electron chi connectivity index (χ4n) is 1.20. The van der Waals surface area contributed by atoms with Crippen molar-refractivity contribution < 1.29 is 18.9 Å². The number of nitrogens with zero attached hydrogens (tertiary/aromatic N) is 3. The zero-order chi connectivity index (χ0) is 13.4. The summed E-state index contributed by atoms with van der Waals surface area (Å²) in [5.74, 6) is 0.358. The summed E-state index contributed by atoms with van der Waals surface area (Å²) in [5, 5.41) is 3.00. The molecule has 1 unspecified atom stereocenters. The first-order chi connectivity index (χ1) is 8.73. The van der Waals surface area contributed by atoms with E-state index in [1.807, 2.05) is 0 Å². The number of hydrogen-bond donors (Lipinski definition) is 1. The summed E-state index contributed by atoms with van der Waals surface area (Å²) in [5.41, 5.74) is 0. The summed E-state index contributed by atoms with van der Waals surface area (Å²) < 4.78 is 20.1. The molecule has 1 atom stereocenters. The highest BCUT2D eigenvalue weighted by atomic mass is 16.5. The minimum atomic E-state index is -0.0937. The van der Waals surface area contributed by atoms with E-state index in [9.17, 15) is 0 Å². The van der Waals surface area contributed by atoms with Gasteiger partial charge in [-0.2, -0.15) is 9.97 Å². The molecule has 1 rings (SSSR count). The molecule has 0 radical (unpaired) electrons. The fraction of sp³-hybridized carbons (Fsp3) is 0.700. The third kappa shape index (κ3) is 4.30. The van der Waals surface area contributed by atoms with Gasteiger partial charge in [-0.1, -0.05) is 0 Å². The molecule has 0 saturated carbocycles. The summed E-state index contributed by atoms with van der Waals surface area (Å²) in [6, 6.07) is 0.370. The number of aromatic nitrogens is 3. The van der Waals surface area contributed by atoms with Crippen LogP contribution in [-0.2, 0) is 9.47 Å². The van der Waals surface area contributed by atoms with Crippen LogP contribution in [0.2, 0.25) is 0 Å². The zero-order valence-corrected chi connectivity index (χ0v) is 11.0. The molecule has 1 N–H and O–H groups in total. The van der Waals surface area contributed by atoms with E-state index < -0.39 is 0 Å². The standard InChI is InChI=1S/C10H18N4O4/c1-15-6-7(16-2)5-11-8-12-9(17-3)14-10(13-8)18-4/h7H,5-6H2,1-4H3,(H,11,12,13,14). The van der Waals surface area contributed by atoms with Crippen molar-refractivity contribution in [3.05, 3.63) is 0 Å². The van der Waals surface area contributed by atoms with Gasteiger partial charge in [-0.05, 0) is 0 Å². The van der Waals surface area contributed by atoms with E-state index >= 15 is 0 Å². The van der Waals surface area contributed by atoms with Gasteiger partial charge in [-0.25, -0.2) is 0 Å². The molecule has 0 amide bonds. The topological polar surface area (TPSA) is 87.6 Å². The Bertz CT molecular complexity index is 341. The Morgan fingerprint density at radius 2 is 1.61 bits per heavy atom. The van der Waals surface area contributed by atoms with Gasteiger partial charge in [0.05, 0.1) is 26.9 Å². The highest BCUT2D eigenvalue weighted by molar-refractivity contribution is 5.27. The highest BCUT2D eigenvalue weighted by Gasteiger charge is 2.10. The Kier molecular flexibility index (Phi) is 6.09. The lowest BCUT2D eigenvalue weighted by molar-refractivity contribution is 0.0364. The predicted molar refractivity (Wildman–Crippen MR) is 64.1 cm³/mol. The number of ether oxygens (including phenoxy) is 4. The third-order valence-electron chi connectivity index (χ3n) is 2.13. The van der Waals surface area contributed by atoms with Crippen LogP contribution in [0.3, 0.4) is 0 Å². The van der Waals surface area contributed by atoms with Crippen LogP contribution >= 0.6 is 0 Å². The SMILES string of the molecule is COCC(CNc1nc(OC)nc(OC)n1)OC. The smallest absolute Gasteiger partial charge is 0.324 e. The largest absolute Gasteiger partial charge is 0.467 e. The molecule has 102 valence electrons. The highest BCUT2D eigenvalue weighted by Crippen LogP contribution is 2.11. The van der Waals surface area contributed by atoms with Crippen molar-refractivity contribution in [2.24, 2.45) is 0 Å². The average Bonchev–Trinajstić information content (AvgIpc) is 2.42. The zero-order valence-electron chi connectivity index (χ0n) is 11.0. The van der Waals surface area contributed by atoms with Gasteiger partial charge in [0.15, 0.2) is 0 Å². The van der Waals surface area contributed by atoms with Crippen LogP contribution < -0.4 is 14.8 Å². The quantitative estimate of drug-likeness (QED) is 0.695. The summed E-state index contributed by atoms with van der Waals surface area (Å²) in [7, 11) is 6.17. The van der Waals surface area contributed by atoms with Gasteiger partial charge < -0.3 is 24.3 Å². The number of rotatable bonds is 8. The van der Waals surface area contributed by atoms with Crippen molar-refractivity contribution in [3.8, 4) is 12.0 Å². The van der Waals surface area contributed by atoms with Gasteiger partial charge in [0, 0.05) is 20.8 Å². The van der Waals surface area contributed by atoms with Gasteiger partial charge in [0.2, 0.25) is 5.95 Å². The first-order valence-electron chi connectivity index (χ1n) is 5.33. The second-order valence-electron chi connectivity index (χ2n) is 3.33. The van der Waals surface area contributed by atoms with Gasteiger partial charge in [-0.3, -0.25) is 0 Å². The first kappa shape index (κ1) is 14.4. The minimum Gasteiger partial charge on any atom is -0.467 e. The normalized spacial score (nSPS) is 12.0. The Morgan fingerprint density at radius 1 is 1.00 bits per heavy atom. The summed E-state index contributed by atoms with van der Waals surface area (Å²) in [4.78, 5) is 12.0. The van der Waals surface area contributed by atoms with Crippen molar-refractivity contribution in [2.45, 2.75) is 6.10 Å². The van der Waals surface area contributed by atoms with Gasteiger partial charge in [-0.15, -0.1) is 4.98 Å². The summed E-state index contributed by atoms with van der Waals surface area (Å²) >= 11 is 0. The van der Waals surface area contributed by atoms with Crippen molar-refractivity contribution in [2.75, 3.05) is 46.9 Å². The lowest BCUT2D eigenvalue weighted by atomic mass is 10.4. The van der Waals surface area contributed by atoms with E-state index in [1.165, 1.54) is 14.2 Å². The first-order valence-corrected chi connectivity index (χ1v) is 5.33. The Balaban J connectivity index is 2.65. The molecule has 1 heterocycles. The summed E-state index contributed by atoms with van der Waals surface area (Å²) in [6.07, 6.45) is -0.0937. The lowest BCUT2D eigenvalue weighted by Crippen LogP contribution is -2.27. The van der Waals surface area contributed by atoms with E-state index in [0.29, 0.717) is 19.1 Å². The van der Waals surface area contributed by atoms with E-state index in [-0.39, 0.29) is 18.1 Å². The monoisotopic (exact) mass is 258 g/mol. The Hall–Kier alpha value is -1.67. The van der Waals surface area contributed by atoms with Crippen LogP contribution in [0.5, 0.6) is 12.0 Å². The second kappa shape index (κ2) is 7.62. The molecule has 0 aliphatic carbocycles. The molecule has 0 aliphatic heterocycles. The minimum absolute atomic E-state index is 0.0937. The second-order valence-corrected chi connectivity index (χ2v) is 3.33. The molecule has 0 aliphatic rings. The predicted octanol–water partition coefficient (Wildman–Crippen LogP) is -0.0379. The molecule has 0 aromatic carbocycles. The molecule has 8 nitrogen and oxygen atoms in total. The summed E-state index contributed by atoms with van der Waals surface area (Å²) in [6.45, 7) is 0.976. The third-order valence-corrected chi connectivity index (χ3v) is 2.13. The maximum atomic E-state index is 5.20. The molecule has 1 aromatic rings. The molecule has 1 aromatic heterocycles. The van der Waals surface area contributed by atoms with Crippen LogP contribution in [0.1, 0.15) is 0 Å². The molecular weight excluding hydrogens is 240 g/mol. The maximum Gasteiger partial charge on any atom is 0.324 e. The van der Waals surface area contributed by atoms with E-state index in [4.69, 9.17) is 18.9 Å². The number of anilines is 1. The van der Waals surface area contributed by atoms with Crippen molar-refractivity contribution in [3.63, 3.8) is 0 Å². The number of methoxy groups -OCH3 is 4. The molecule has 0 saturated heterocycles. The van der Waals surface area contributed by atoms with E-state index in [1.54, 1.807) is 14.2 Å². The van der Waals surface area contributed by atoms with Gasteiger partial charge in [0.25, 0.3) is 0 Å². The van der Waals surface area contributed by atoms with Crippen molar-refractivity contribution in [1.82, 2.24) is 15.0 Å². The molecule has 0 bridgehead atoms. The molecule has 8 heteroatoms. The maximum absolute atomic E-state index is 5.20. The van der Waals surface area contributed by atoms with Crippen LogP contribution in [0.15, 0.2) is 0 Å². The number of nitrogens with one attached hydrogen (secondary N) is 1. The molecule has 0 fully saturated rings. The fourth-order valence-corrected chi connectivity index (χ4v) is 1.20. The van der Waals surface area contributed by atoms with Crippen LogP contribution in [0.25, 0.3) is 0 Å². The Morgan fingerprint density at radius 3 is 2.06 bits per heavy atom. The van der Waals surface area contributed by atoms with Gasteiger partial charge in [0.1, 0.15) is 0 Å². The average molecular weight is 258 g/mol.